The number of aliphatic hydroxyl groups excluding tert-OH is 1. The van der Waals surface area contributed by atoms with E-state index in [-0.39, 0.29) is 43.2 Å². The summed E-state index contributed by atoms with van der Waals surface area (Å²) in [6.45, 7) is 3.02. The number of fused-ring (bicyclic) bond motifs is 3. The van der Waals surface area contributed by atoms with E-state index >= 15 is 0 Å². The lowest BCUT2D eigenvalue weighted by molar-refractivity contribution is -0.150. The first-order chi connectivity index (χ1) is 15.0. The topological polar surface area (TPSA) is 101 Å². The number of carbonyl (C=O) groups excluding carboxylic acids is 2. The Labute approximate surface area is 182 Å². The molecule has 0 radical (unpaired) electrons. The summed E-state index contributed by atoms with van der Waals surface area (Å²) in [5.74, 6) is 0.583. The lowest BCUT2D eigenvalue weighted by Crippen LogP contribution is -2.50. The summed E-state index contributed by atoms with van der Waals surface area (Å²) in [5, 5.41) is 12.7. The Morgan fingerprint density at radius 1 is 1.26 bits per heavy atom. The Hall–Kier alpha value is -2.20. The Morgan fingerprint density at radius 3 is 2.74 bits per heavy atom. The van der Waals surface area contributed by atoms with E-state index in [1.165, 1.54) is 7.11 Å². The van der Waals surface area contributed by atoms with Gasteiger partial charge in [0, 0.05) is 50.5 Å². The number of amides is 2. The molecule has 2 amide bonds. The fraction of sp³-hybridized carbons (Fsp3) is 0.636. The number of aliphatic hydroxyl groups is 1. The molecule has 3 aliphatic heterocycles. The average molecular weight is 434 g/mol. The zero-order valence-electron chi connectivity index (χ0n) is 18.1. The molecule has 2 N–H and O–H groups in total. The molecule has 1 aromatic carbocycles. The van der Waals surface area contributed by atoms with Crippen LogP contribution < -0.4 is 10.1 Å². The quantitative estimate of drug-likeness (QED) is 0.671. The number of likely N-dealkylation sites (N-methyl/N-ethyl adjacent to an activating group) is 1. The zero-order valence-corrected chi connectivity index (χ0v) is 18.1. The van der Waals surface area contributed by atoms with Gasteiger partial charge in [0.1, 0.15) is 24.6 Å². The van der Waals surface area contributed by atoms with E-state index in [4.69, 9.17) is 14.2 Å². The van der Waals surface area contributed by atoms with Gasteiger partial charge < -0.3 is 34.4 Å². The number of nitrogens with zero attached hydrogens (tertiary/aromatic N) is 2. The second-order valence-electron chi connectivity index (χ2n) is 8.53. The van der Waals surface area contributed by atoms with Crippen LogP contribution in [0.25, 0.3) is 0 Å². The molecule has 2 fully saturated rings. The van der Waals surface area contributed by atoms with E-state index in [0.29, 0.717) is 18.5 Å². The minimum Gasteiger partial charge on any atom is -0.487 e. The van der Waals surface area contributed by atoms with Crippen LogP contribution in [-0.4, -0.2) is 98.6 Å². The third-order valence-corrected chi connectivity index (χ3v) is 6.32. The summed E-state index contributed by atoms with van der Waals surface area (Å²) in [7, 11) is 3.53. The van der Waals surface area contributed by atoms with E-state index < -0.39 is 6.10 Å². The number of carbonyl (C=O) groups is 2. The number of anilines is 1. The molecule has 0 bridgehead atoms. The van der Waals surface area contributed by atoms with Crippen molar-refractivity contribution >= 4 is 17.5 Å². The lowest BCUT2D eigenvalue weighted by Gasteiger charge is -2.38. The van der Waals surface area contributed by atoms with Crippen molar-refractivity contribution in [2.24, 2.45) is 0 Å². The summed E-state index contributed by atoms with van der Waals surface area (Å²) < 4.78 is 17.0. The van der Waals surface area contributed by atoms with E-state index in [1.54, 1.807) is 6.07 Å². The molecule has 170 valence electrons. The molecule has 1 aromatic rings. The second kappa shape index (κ2) is 9.52. The largest absolute Gasteiger partial charge is 0.487 e. The van der Waals surface area contributed by atoms with Gasteiger partial charge in [-0.1, -0.05) is 0 Å². The van der Waals surface area contributed by atoms with Crippen LogP contribution in [0.3, 0.4) is 0 Å². The summed E-state index contributed by atoms with van der Waals surface area (Å²) in [4.78, 5) is 28.8. The first-order valence-electron chi connectivity index (χ1n) is 10.8. The van der Waals surface area contributed by atoms with E-state index in [0.717, 1.165) is 37.5 Å². The van der Waals surface area contributed by atoms with Crippen LogP contribution in [-0.2, 0) is 19.1 Å². The molecule has 0 unspecified atom stereocenters. The monoisotopic (exact) mass is 433 g/mol. The molecule has 0 saturated carbocycles. The predicted octanol–water partition coefficient (Wildman–Crippen LogP) is 0.430. The fourth-order valence-electron chi connectivity index (χ4n) is 4.67. The standard InChI is InChI=1S/C22H31N3O6/c1-24-5-7-25(8-6-24)21(28)11-15-10-17-16-9-14(23-20(27)13-29-2)3-4-18(16)31-22(17)19(12-26)30-15/h3-4,9,15,17,19,22,26H,5-8,10-13H2,1-2H3,(H,23,27)/t15-,17+,19+,22-/m0/s1. The smallest absolute Gasteiger partial charge is 0.250 e. The van der Waals surface area contributed by atoms with Gasteiger partial charge in [-0.3, -0.25) is 9.59 Å². The molecule has 3 heterocycles. The molecule has 4 atom stereocenters. The Bertz CT molecular complexity index is 810. The van der Waals surface area contributed by atoms with Crippen molar-refractivity contribution in [2.75, 3.05) is 58.9 Å². The van der Waals surface area contributed by atoms with Crippen LogP contribution in [0, 0.1) is 0 Å². The average Bonchev–Trinajstić information content (AvgIpc) is 3.12. The van der Waals surface area contributed by atoms with Crippen LogP contribution >= 0.6 is 0 Å². The van der Waals surface area contributed by atoms with Gasteiger partial charge >= 0.3 is 0 Å². The van der Waals surface area contributed by atoms with Crippen molar-refractivity contribution in [1.82, 2.24) is 9.80 Å². The van der Waals surface area contributed by atoms with Gasteiger partial charge in [-0.2, -0.15) is 0 Å². The number of rotatable bonds is 6. The van der Waals surface area contributed by atoms with Gasteiger partial charge in [-0.15, -0.1) is 0 Å². The van der Waals surface area contributed by atoms with Crippen molar-refractivity contribution in [3.05, 3.63) is 23.8 Å². The molecule has 9 nitrogen and oxygen atoms in total. The van der Waals surface area contributed by atoms with Crippen LogP contribution in [0.5, 0.6) is 5.75 Å². The summed E-state index contributed by atoms with van der Waals surface area (Å²) in [6, 6.07) is 5.52. The van der Waals surface area contributed by atoms with E-state index in [2.05, 4.69) is 17.3 Å². The van der Waals surface area contributed by atoms with Gasteiger partial charge in [-0.05, 0) is 31.7 Å². The number of nitrogens with one attached hydrogen (secondary N) is 1. The third-order valence-electron chi connectivity index (χ3n) is 6.32. The molecule has 2 saturated heterocycles. The first kappa shape index (κ1) is 22.0. The third kappa shape index (κ3) is 4.85. The maximum atomic E-state index is 12.8. The molecule has 3 aliphatic rings. The van der Waals surface area contributed by atoms with Gasteiger partial charge in [0.2, 0.25) is 11.8 Å². The molecule has 31 heavy (non-hydrogen) atoms. The number of methoxy groups -OCH3 is 1. The molecule has 9 heteroatoms. The van der Waals surface area contributed by atoms with Crippen molar-refractivity contribution < 1.29 is 28.9 Å². The second-order valence-corrected chi connectivity index (χ2v) is 8.53. The Balaban J connectivity index is 1.46. The Kier molecular flexibility index (Phi) is 6.76. The van der Waals surface area contributed by atoms with Crippen LogP contribution in [0.1, 0.15) is 24.3 Å². The minimum atomic E-state index is -0.497. The maximum absolute atomic E-state index is 12.8. The highest BCUT2D eigenvalue weighted by Gasteiger charge is 2.46. The molecule has 0 spiro atoms. The van der Waals surface area contributed by atoms with Crippen LogP contribution in [0.4, 0.5) is 5.69 Å². The normalized spacial score (nSPS) is 27.9. The fourth-order valence-corrected chi connectivity index (χ4v) is 4.67. The summed E-state index contributed by atoms with van der Waals surface area (Å²) >= 11 is 0. The first-order valence-corrected chi connectivity index (χ1v) is 10.8. The maximum Gasteiger partial charge on any atom is 0.250 e. The van der Waals surface area contributed by atoms with Gasteiger partial charge in [0.15, 0.2) is 0 Å². The predicted molar refractivity (Wildman–Crippen MR) is 113 cm³/mol. The molecule has 0 aromatic heterocycles. The van der Waals surface area contributed by atoms with Crippen molar-refractivity contribution in [2.45, 2.75) is 37.1 Å². The highest BCUT2D eigenvalue weighted by molar-refractivity contribution is 5.92. The number of hydrogen-bond acceptors (Lipinski definition) is 7. The highest BCUT2D eigenvalue weighted by atomic mass is 16.6. The van der Waals surface area contributed by atoms with E-state index in [1.807, 2.05) is 17.0 Å². The molecule has 0 aliphatic carbocycles. The Morgan fingerprint density at radius 2 is 2.03 bits per heavy atom. The zero-order chi connectivity index (χ0) is 22.0. The number of benzene rings is 1. The van der Waals surface area contributed by atoms with Gasteiger partial charge in [0.05, 0.1) is 19.1 Å². The van der Waals surface area contributed by atoms with Gasteiger partial charge in [0.25, 0.3) is 0 Å². The molecular weight excluding hydrogens is 402 g/mol. The number of hydrogen-bond donors (Lipinski definition) is 2. The van der Waals surface area contributed by atoms with Crippen LogP contribution in [0.2, 0.25) is 0 Å². The number of piperazine rings is 1. The lowest BCUT2D eigenvalue weighted by atomic mass is 9.84. The highest BCUT2D eigenvalue weighted by Crippen LogP contribution is 2.47. The summed E-state index contributed by atoms with van der Waals surface area (Å²) in [5.41, 5.74) is 1.64. The minimum absolute atomic E-state index is 0.00883. The van der Waals surface area contributed by atoms with Gasteiger partial charge in [-0.25, -0.2) is 0 Å². The number of ether oxygens (including phenoxy) is 3. The van der Waals surface area contributed by atoms with Crippen LogP contribution in [0.15, 0.2) is 18.2 Å². The molecular formula is C22H31N3O6. The van der Waals surface area contributed by atoms with Crippen molar-refractivity contribution in [1.29, 1.82) is 0 Å². The van der Waals surface area contributed by atoms with Crippen molar-refractivity contribution in [3.63, 3.8) is 0 Å². The van der Waals surface area contributed by atoms with Crippen molar-refractivity contribution in [3.8, 4) is 5.75 Å². The summed E-state index contributed by atoms with van der Waals surface area (Å²) in [6.07, 6.45) is -0.165. The SMILES string of the molecule is COCC(=O)Nc1ccc2c(c1)[C@H]1C[C@@H](CC(=O)N3CCN(C)CC3)O[C@H](CO)[C@H]1O2. The van der Waals surface area contributed by atoms with E-state index in [9.17, 15) is 14.7 Å². The molecule has 4 rings (SSSR count).